The maximum atomic E-state index is 12.3. The summed E-state index contributed by atoms with van der Waals surface area (Å²) in [7, 11) is 0. The van der Waals surface area contributed by atoms with E-state index < -0.39 is 23.2 Å². The molecule has 0 bridgehead atoms. The van der Waals surface area contributed by atoms with Crippen LogP contribution in [0.1, 0.15) is 48.6 Å². The summed E-state index contributed by atoms with van der Waals surface area (Å²) in [5, 5.41) is 13.5. The molecule has 28 heavy (non-hydrogen) atoms. The first kappa shape index (κ1) is 19.2. The van der Waals surface area contributed by atoms with Gasteiger partial charge >= 0.3 is 5.97 Å². The number of furan rings is 1. The van der Waals surface area contributed by atoms with Gasteiger partial charge in [0, 0.05) is 11.1 Å². The fourth-order valence-corrected chi connectivity index (χ4v) is 2.58. The van der Waals surface area contributed by atoms with E-state index in [0.717, 1.165) is 4.73 Å². The van der Waals surface area contributed by atoms with Crippen molar-refractivity contribution in [3.8, 4) is 5.88 Å². The Morgan fingerprint density at radius 1 is 1.18 bits per heavy atom. The highest BCUT2D eigenvalue weighted by Gasteiger charge is 2.28. The number of nitrogens with zero attached hydrogens (tertiary/aromatic N) is 1. The van der Waals surface area contributed by atoms with Gasteiger partial charge in [0.25, 0.3) is 5.91 Å². The summed E-state index contributed by atoms with van der Waals surface area (Å²) in [5.41, 5.74) is -0.169. The van der Waals surface area contributed by atoms with Crippen molar-refractivity contribution in [3.63, 3.8) is 0 Å². The molecule has 0 spiro atoms. The van der Waals surface area contributed by atoms with E-state index in [1.807, 2.05) is 0 Å². The maximum absolute atomic E-state index is 12.3. The number of ketones is 1. The second kappa shape index (κ2) is 6.88. The minimum absolute atomic E-state index is 0.0284. The lowest BCUT2D eigenvalue weighted by atomic mass is 9.98. The van der Waals surface area contributed by atoms with E-state index in [1.165, 1.54) is 25.3 Å². The fraction of sp³-hybridized carbons (Fsp3) is 0.250. The molecule has 0 aliphatic rings. The first-order valence-corrected chi connectivity index (χ1v) is 8.55. The first-order valence-electron chi connectivity index (χ1n) is 8.55. The molecule has 0 saturated carbocycles. The highest BCUT2D eigenvalue weighted by atomic mass is 16.7. The molecule has 146 valence electrons. The average Bonchev–Trinajstić information content (AvgIpc) is 3.21. The molecular weight excluding hydrogens is 364 g/mol. The number of carbonyl (C=O) groups is 3. The van der Waals surface area contributed by atoms with E-state index in [2.05, 4.69) is 5.32 Å². The van der Waals surface area contributed by atoms with Gasteiger partial charge < -0.3 is 19.7 Å². The van der Waals surface area contributed by atoms with Crippen LogP contribution in [-0.2, 0) is 4.79 Å². The summed E-state index contributed by atoms with van der Waals surface area (Å²) in [5.74, 6) is -1.80. The lowest BCUT2D eigenvalue weighted by Crippen LogP contribution is -2.31. The van der Waals surface area contributed by atoms with Crippen LogP contribution in [0.25, 0.3) is 10.9 Å². The molecule has 8 heteroatoms. The van der Waals surface area contributed by atoms with Crippen molar-refractivity contribution >= 4 is 34.3 Å². The van der Waals surface area contributed by atoms with Gasteiger partial charge in [0.2, 0.25) is 5.88 Å². The van der Waals surface area contributed by atoms with Crippen LogP contribution in [0.4, 0.5) is 5.69 Å². The monoisotopic (exact) mass is 384 g/mol. The van der Waals surface area contributed by atoms with Crippen LogP contribution in [0.5, 0.6) is 5.88 Å². The predicted molar refractivity (Wildman–Crippen MR) is 101 cm³/mol. The summed E-state index contributed by atoms with van der Waals surface area (Å²) in [6, 6.07) is 7.74. The van der Waals surface area contributed by atoms with Crippen LogP contribution in [0, 0.1) is 5.41 Å². The summed E-state index contributed by atoms with van der Waals surface area (Å²) in [6.45, 7) is 6.30. The third-order valence-corrected chi connectivity index (χ3v) is 4.04. The largest absolute Gasteiger partial charge is 0.492 e. The quantitative estimate of drug-likeness (QED) is 0.667. The van der Waals surface area contributed by atoms with Gasteiger partial charge in [-0.1, -0.05) is 0 Å². The second-order valence-electron chi connectivity index (χ2n) is 7.34. The predicted octanol–water partition coefficient (Wildman–Crippen LogP) is 3.40. The van der Waals surface area contributed by atoms with Crippen molar-refractivity contribution < 1.29 is 28.7 Å². The highest BCUT2D eigenvalue weighted by Crippen LogP contribution is 2.33. The van der Waals surface area contributed by atoms with Crippen LogP contribution in [-0.4, -0.2) is 27.5 Å². The molecule has 0 saturated heterocycles. The minimum Gasteiger partial charge on any atom is -0.492 e. The second-order valence-corrected chi connectivity index (χ2v) is 7.34. The van der Waals surface area contributed by atoms with Gasteiger partial charge in [0.1, 0.15) is 0 Å². The Balaban J connectivity index is 2.07. The van der Waals surface area contributed by atoms with Gasteiger partial charge in [-0.15, -0.1) is 4.73 Å². The van der Waals surface area contributed by atoms with E-state index in [1.54, 1.807) is 39.0 Å². The van der Waals surface area contributed by atoms with Gasteiger partial charge in [-0.3, -0.25) is 9.59 Å². The van der Waals surface area contributed by atoms with Gasteiger partial charge in [0.15, 0.2) is 11.5 Å². The molecule has 0 unspecified atom stereocenters. The number of Topliss-reactive ketones (excluding diaryl/α,β-unsaturated/α-hetero) is 1. The van der Waals surface area contributed by atoms with Gasteiger partial charge in [-0.2, -0.15) is 0 Å². The summed E-state index contributed by atoms with van der Waals surface area (Å²) < 4.78 is 5.96. The van der Waals surface area contributed by atoms with Crippen LogP contribution in [0.3, 0.4) is 0 Å². The maximum Gasteiger partial charge on any atom is 0.338 e. The number of benzene rings is 1. The smallest absolute Gasteiger partial charge is 0.338 e. The Hall–Kier alpha value is -3.55. The molecule has 3 rings (SSSR count). The van der Waals surface area contributed by atoms with Crippen LogP contribution in [0.15, 0.2) is 41.0 Å². The fourth-order valence-electron chi connectivity index (χ4n) is 2.58. The molecule has 8 nitrogen and oxygen atoms in total. The lowest BCUT2D eigenvalue weighted by Gasteiger charge is -2.17. The zero-order valence-electron chi connectivity index (χ0n) is 15.9. The molecule has 2 aromatic heterocycles. The number of nitrogens with one attached hydrogen (secondary N) is 1. The number of hydrogen-bond donors (Lipinski definition) is 2. The minimum atomic E-state index is -0.829. The normalized spacial score (nSPS) is 11.4. The van der Waals surface area contributed by atoms with E-state index in [9.17, 15) is 19.5 Å². The number of rotatable bonds is 4. The van der Waals surface area contributed by atoms with E-state index in [-0.39, 0.29) is 22.6 Å². The zero-order chi connectivity index (χ0) is 20.6. The molecule has 0 aliphatic heterocycles. The molecule has 0 atom stereocenters. The number of carbonyl (C=O) groups excluding carboxylic acids is 3. The number of amides is 1. The van der Waals surface area contributed by atoms with Crippen molar-refractivity contribution in [2.24, 2.45) is 5.41 Å². The summed E-state index contributed by atoms with van der Waals surface area (Å²) in [6.07, 6.45) is 1.38. The molecule has 0 aliphatic carbocycles. The summed E-state index contributed by atoms with van der Waals surface area (Å²) in [4.78, 5) is 41.8. The Labute approximate surface area is 160 Å². The molecule has 0 radical (unpaired) electrons. The van der Waals surface area contributed by atoms with Crippen LogP contribution in [0.2, 0.25) is 0 Å². The third kappa shape index (κ3) is 3.48. The zero-order valence-corrected chi connectivity index (χ0v) is 15.9. The molecule has 2 N–H and O–H groups in total. The summed E-state index contributed by atoms with van der Waals surface area (Å²) >= 11 is 0. The Morgan fingerprint density at radius 2 is 1.89 bits per heavy atom. The molecule has 0 fully saturated rings. The molecule has 2 heterocycles. The number of fused-ring (bicyclic) bond motifs is 1. The van der Waals surface area contributed by atoms with Gasteiger partial charge in [-0.25, -0.2) is 4.79 Å². The van der Waals surface area contributed by atoms with Crippen molar-refractivity contribution in [1.82, 2.24) is 4.73 Å². The van der Waals surface area contributed by atoms with Gasteiger partial charge in [-0.05, 0) is 58.0 Å². The Kier molecular flexibility index (Phi) is 4.72. The van der Waals surface area contributed by atoms with Crippen LogP contribution >= 0.6 is 0 Å². The average molecular weight is 384 g/mol. The van der Waals surface area contributed by atoms with Gasteiger partial charge in [0.05, 0.1) is 22.8 Å². The van der Waals surface area contributed by atoms with E-state index >= 15 is 0 Å². The molecular formula is C20H20N2O6. The first-order chi connectivity index (χ1) is 13.1. The van der Waals surface area contributed by atoms with Crippen molar-refractivity contribution in [2.75, 3.05) is 5.32 Å². The van der Waals surface area contributed by atoms with E-state index in [0.29, 0.717) is 11.1 Å². The SMILES string of the molecule is CC(=O)c1c(O)n(OC(=O)C(C)(C)C)c2cc(NC(=O)c3ccco3)ccc12. The Morgan fingerprint density at radius 3 is 2.46 bits per heavy atom. The standard InChI is InChI=1S/C20H20N2O6/c1-11(23)16-13-8-7-12(21-17(24)15-6-5-9-27-15)10-14(13)22(18(16)25)28-19(26)20(2,3)4/h5-10,25H,1-4H3,(H,21,24). The molecule has 3 aromatic rings. The molecule has 1 aromatic carbocycles. The number of anilines is 1. The number of aromatic hydroxyl groups is 1. The highest BCUT2D eigenvalue weighted by molar-refractivity contribution is 6.11. The lowest BCUT2D eigenvalue weighted by molar-refractivity contribution is -0.153. The van der Waals surface area contributed by atoms with E-state index in [4.69, 9.17) is 9.25 Å². The third-order valence-electron chi connectivity index (χ3n) is 4.04. The topological polar surface area (TPSA) is 111 Å². The van der Waals surface area contributed by atoms with Crippen molar-refractivity contribution in [1.29, 1.82) is 0 Å². The van der Waals surface area contributed by atoms with Crippen molar-refractivity contribution in [3.05, 3.63) is 47.9 Å². The number of hydrogen-bond acceptors (Lipinski definition) is 6. The Bertz CT molecular complexity index is 1070. The van der Waals surface area contributed by atoms with Crippen LogP contribution < -0.4 is 10.2 Å². The number of aromatic nitrogens is 1. The molecule has 1 amide bonds. The van der Waals surface area contributed by atoms with Crippen molar-refractivity contribution in [2.45, 2.75) is 27.7 Å².